The Morgan fingerprint density at radius 1 is 1.25 bits per heavy atom. The molecule has 20 heavy (non-hydrogen) atoms. The van der Waals surface area contributed by atoms with Gasteiger partial charge in [0.25, 0.3) is 0 Å². The number of nitrogens with one attached hydrogen (secondary N) is 1. The summed E-state index contributed by atoms with van der Waals surface area (Å²) in [5, 5.41) is 7.24. The van der Waals surface area contributed by atoms with Crippen molar-refractivity contribution in [3.8, 4) is 0 Å². The molecule has 0 fully saturated rings. The molecule has 1 N–H and O–H groups in total. The van der Waals surface area contributed by atoms with Crippen molar-refractivity contribution in [2.75, 3.05) is 0 Å². The predicted molar refractivity (Wildman–Crippen MR) is 77.4 cm³/mol. The van der Waals surface area contributed by atoms with E-state index in [2.05, 4.69) is 40.6 Å². The Morgan fingerprint density at radius 2 is 2.05 bits per heavy atom. The van der Waals surface area contributed by atoms with E-state index in [-0.39, 0.29) is 6.04 Å². The summed E-state index contributed by atoms with van der Waals surface area (Å²) in [6, 6.07) is 7.17. The van der Waals surface area contributed by atoms with Gasteiger partial charge in [-0.05, 0) is 56.2 Å². The highest BCUT2D eigenvalue weighted by Crippen LogP contribution is 2.24. The van der Waals surface area contributed by atoms with Gasteiger partial charge in [0.05, 0.1) is 6.54 Å². The number of fused-ring (bicyclic) bond motifs is 1. The van der Waals surface area contributed by atoms with Crippen LogP contribution < -0.4 is 5.32 Å². The average Bonchev–Trinajstić information content (AvgIpc) is 2.90. The second-order valence-electron chi connectivity index (χ2n) is 5.57. The molecular formula is C16H21N3O. The van der Waals surface area contributed by atoms with Crippen LogP contribution in [-0.4, -0.2) is 10.1 Å². The van der Waals surface area contributed by atoms with E-state index in [1.165, 1.54) is 42.4 Å². The maximum atomic E-state index is 5.12. The minimum absolute atomic E-state index is 0.287. The molecule has 0 saturated heterocycles. The summed E-state index contributed by atoms with van der Waals surface area (Å²) in [6.45, 7) is 4.62. The fraction of sp³-hybridized carbons (Fsp3) is 0.500. The SMILES string of the molecule is Cc1noc(CNC(C)c2ccc3c(c2)CCCC3)n1. The van der Waals surface area contributed by atoms with Crippen LogP contribution in [0.1, 0.15) is 54.2 Å². The molecule has 106 valence electrons. The zero-order chi connectivity index (χ0) is 13.9. The smallest absolute Gasteiger partial charge is 0.240 e. The van der Waals surface area contributed by atoms with Crippen LogP contribution in [0, 0.1) is 6.92 Å². The summed E-state index contributed by atoms with van der Waals surface area (Å²) in [7, 11) is 0. The van der Waals surface area contributed by atoms with Crippen LogP contribution in [0.2, 0.25) is 0 Å². The predicted octanol–water partition coefficient (Wildman–Crippen LogP) is 3.11. The molecular weight excluding hydrogens is 250 g/mol. The summed E-state index contributed by atoms with van der Waals surface area (Å²) < 4.78 is 5.12. The minimum atomic E-state index is 0.287. The molecule has 4 heteroatoms. The van der Waals surface area contributed by atoms with Crippen molar-refractivity contribution in [2.45, 2.75) is 52.1 Å². The van der Waals surface area contributed by atoms with Gasteiger partial charge in [-0.2, -0.15) is 4.98 Å². The van der Waals surface area contributed by atoms with E-state index in [4.69, 9.17) is 4.52 Å². The van der Waals surface area contributed by atoms with Crippen molar-refractivity contribution < 1.29 is 4.52 Å². The van der Waals surface area contributed by atoms with Crippen molar-refractivity contribution in [1.29, 1.82) is 0 Å². The molecule has 0 spiro atoms. The van der Waals surface area contributed by atoms with Gasteiger partial charge in [-0.25, -0.2) is 0 Å². The quantitative estimate of drug-likeness (QED) is 0.928. The maximum Gasteiger partial charge on any atom is 0.240 e. The van der Waals surface area contributed by atoms with Gasteiger partial charge >= 0.3 is 0 Å². The normalized spacial score (nSPS) is 15.9. The lowest BCUT2D eigenvalue weighted by atomic mass is 9.89. The molecule has 3 rings (SSSR count). The first kappa shape index (κ1) is 13.3. The third-order valence-electron chi connectivity index (χ3n) is 4.00. The van der Waals surface area contributed by atoms with Crippen molar-refractivity contribution >= 4 is 0 Å². The Hall–Kier alpha value is -1.68. The lowest BCUT2D eigenvalue weighted by molar-refractivity contribution is 0.357. The largest absolute Gasteiger partial charge is 0.338 e. The third-order valence-corrected chi connectivity index (χ3v) is 4.00. The molecule has 2 aromatic rings. The van der Waals surface area contributed by atoms with E-state index in [1.807, 2.05) is 6.92 Å². The molecule has 0 bridgehead atoms. The van der Waals surface area contributed by atoms with Crippen molar-refractivity contribution in [3.05, 3.63) is 46.6 Å². The fourth-order valence-corrected chi connectivity index (χ4v) is 2.79. The van der Waals surface area contributed by atoms with Crippen LogP contribution >= 0.6 is 0 Å². The first-order chi connectivity index (χ1) is 9.72. The second-order valence-corrected chi connectivity index (χ2v) is 5.57. The van der Waals surface area contributed by atoms with Crippen molar-refractivity contribution in [1.82, 2.24) is 15.5 Å². The molecule has 1 aromatic heterocycles. The van der Waals surface area contributed by atoms with Gasteiger partial charge in [0.1, 0.15) is 0 Å². The van der Waals surface area contributed by atoms with Gasteiger partial charge < -0.3 is 9.84 Å². The zero-order valence-corrected chi connectivity index (χ0v) is 12.1. The Balaban J connectivity index is 1.66. The second kappa shape index (κ2) is 5.75. The first-order valence-corrected chi connectivity index (χ1v) is 7.36. The molecule has 1 aliphatic rings. The van der Waals surface area contributed by atoms with Gasteiger partial charge in [-0.1, -0.05) is 23.4 Å². The highest BCUT2D eigenvalue weighted by atomic mass is 16.5. The van der Waals surface area contributed by atoms with Crippen molar-refractivity contribution in [3.63, 3.8) is 0 Å². The van der Waals surface area contributed by atoms with E-state index >= 15 is 0 Å². The number of hydrogen-bond acceptors (Lipinski definition) is 4. The van der Waals surface area contributed by atoms with E-state index in [9.17, 15) is 0 Å². The molecule has 0 radical (unpaired) electrons. The van der Waals surface area contributed by atoms with Crippen LogP contribution in [0.25, 0.3) is 0 Å². The van der Waals surface area contributed by atoms with E-state index in [1.54, 1.807) is 0 Å². The van der Waals surface area contributed by atoms with Crippen LogP contribution in [0.15, 0.2) is 22.7 Å². The van der Waals surface area contributed by atoms with Crippen LogP contribution in [0.3, 0.4) is 0 Å². The lowest BCUT2D eigenvalue weighted by Crippen LogP contribution is -2.19. The molecule has 4 nitrogen and oxygen atoms in total. The minimum Gasteiger partial charge on any atom is -0.338 e. The number of aromatic nitrogens is 2. The van der Waals surface area contributed by atoms with E-state index in [0.29, 0.717) is 18.3 Å². The zero-order valence-electron chi connectivity index (χ0n) is 12.1. The molecule has 1 unspecified atom stereocenters. The highest BCUT2D eigenvalue weighted by molar-refractivity contribution is 5.35. The Morgan fingerprint density at radius 3 is 2.80 bits per heavy atom. The van der Waals surface area contributed by atoms with Gasteiger partial charge in [0.15, 0.2) is 5.82 Å². The van der Waals surface area contributed by atoms with Gasteiger partial charge in [0, 0.05) is 6.04 Å². The standard InChI is InChI=1S/C16H21N3O/c1-11(17-10-16-18-12(2)19-20-16)14-8-7-13-5-3-4-6-15(13)9-14/h7-9,11,17H,3-6,10H2,1-2H3. The summed E-state index contributed by atoms with van der Waals surface area (Å²) >= 11 is 0. The highest BCUT2D eigenvalue weighted by Gasteiger charge is 2.13. The fourth-order valence-electron chi connectivity index (χ4n) is 2.79. The molecule has 1 aromatic carbocycles. The Kier molecular flexibility index (Phi) is 3.83. The third kappa shape index (κ3) is 2.90. The molecule has 0 amide bonds. The number of aryl methyl sites for hydroxylation is 3. The molecule has 1 heterocycles. The Bertz CT molecular complexity index is 591. The number of nitrogens with zero attached hydrogens (tertiary/aromatic N) is 2. The lowest BCUT2D eigenvalue weighted by Gasteiger charge is -2.19. The van der Waals surface area contributed by atoms with Crippen LogP contribution in [-0.2, 0) is 19.4 Å². The van der Waals surface area contributed by atoms with Gasteiger partial charge in [0.2, 0.25) is 5.89 Å². The summed E-state index contributed by atoms with van der Waals surface area (Å²) in [5.74, 6) is 1.33. The average molecular weight is 271 g/mol. The van der Waals surface area contributed by atoms with Gasteiger partial charge in [-0.3, -0.25) is 0 Å². The van der Waals surface area contributed by atoms with Gasteiger partial charge in [-0.15, -0.1) is 0 Å². The van der Waals surface area contributed by atoms with E-state index in [0.717, 1.165) is 0 Å². The molecule has 1 atom stereocenters. The number of hydrogen-bond donors (Lipinski definition) is 1. The number of rotatable bonds is 4. The molecule has 1 aliphatic carbocycles. The summed E-state index contributed by atoms with van der Waals surface area (Å²) in [4.78, 5) is 4.21. The topological polar surface area (TPSA) is 51.0 Å². The maximum absolute atomic E-state index is 5.12. The Labute approximate surface area is 119 Å². The summed E-state index contributed by atoms with van der Waals surface area (Å²) in [5.41, 5.74) is 4.39. The summed E-state index contributed by atoms with van der Waals surface area (Å²) in [6.07, 6.45) is 5.10. The van der Waals surface area contributed by atoms with E-state index < -0.39 is 0 Å². The van der Waals surface area contributed by atoms with Crippen molar-refractivity contribution in [2.24, 2.45) is 0 Å². The monoisotopic (exact) mass is 271 g/mol. The first-order valence-electron chi connectivity index (χ1n) is 7.36. The van der Waals surface area contributed by atoms with Crippen LogP contribution in [0.4, 0.5) is 0 Å². The number of benzene rings is 1. The molecule has 0 aliphatic heterocycles. The molecule has 0 saturated carbocycles. The van der Waals surface area contributed by atoms with Crippen LogP contribution in [0.5, 0.6) is 0 Å².